The average molecular weight is 402 g/mol. The third-order valence-corrected chi connectivity index (χ3v) is 5.37. The van der Waals surface area contributed by atoms with E-state index in [2.05, 4.69) is 4.98 Å². The van der Waals surface area contributed by atoms with Crippen LogP contribution < -0.4 is 4.74 Å². The summed E-state index contributed by atoms with van der Waals surface area (Å²) in [6.07, 6.45) is 0. The number of amides is 1. The normalized spacial score (nSPS) is 10.8. The maximum Gasteiger partial charge on any atom is 0.265 e. The topological polar surface area (TPSA) is 42.4 Å². The van der Waals surface area contributed by atoms with Crippen LogP contribution in [0.1, 0.15) is 27.9 Å². The summed E-state index contributed by atoms with van der Waals surface area (Å²) < 4.78 is 32.4. The summed E-state index contributed by atoms with van der Waals surface area (Å²) in [5, 5.41) is 0.727. The van der Waals surface area contributed by atoms with E-state index in [0.29, 0.717) is 17.2 Å². The second-order valence-corrected chi connectivity index (χ2v) is 7.29. The molecule has 4 nitrogen and oxygen atoms in total. The minimum Gasteiger partial charge on any atom is -0.494 e. The van der Waals surface area contributed by atoms with Crippen LogP contribution in [0, 0.1) is 18.6 Å². The summed E-state index contributed by atoms with van der Waals surface area (Å²) in [4.78, 5) is 19.2. The molecule has 0 saturated heterocycles. The molecule has 2 aromatic carbocycles. The maximum absolute atomic E-state index is 13.9. The molecule has 3 aromatic rings. The van der Waals surface area contributed by atoms with Crippen LogP contribution in [0.25, 0.3) is 10.6 Å². The Hall–Kier alpha value is -2.80. The first kappa shape index (κ1) is 19.9. The van der Waals surface area contributed by atoms with Crippen molar-refractivity contribution in [3.63, 3.8) is 0 Å². The SMILES string of the molecule is CCOc1ccc(-c2nc(C)c(C(=O)N(C)Cc3ccc(F)cc3F)s2)cc1. The summed E-state index contributed by atoms with van der Waals surface area (Å²) in [6, 6.07) is 10.9. The van der Waals surface area contributed by atoms with Gasteiger partial charge in [-0.1, -0.05) is 6.07 Å². The quantitative estimate of drug-likeness (QED) is 0.578. The summed E-state index contributed by atoms with van der Waals surface area (Å²) in [6.45, 7) is 4.33. The molecule has 0 atom stereocenters. The summed E-state index contributed by atoms with van der Waals surface area (Å²) in [5.41, 5.74) is 1.76. The Morgan fingerprint density at radius 2 is 1.89 bits per heavy atom. The molecule has 1 heterocycles. The van der Waals surface area contributed by atoms with E-state index in [1.54, 1.807) is 14.0 Å². The van der Waals surface area contributed by atoms with Crippen LogP contribution >= 0.6 is 11.3 Å². The van der Waals surface area contributed by atoms with Crippen molar-refractivity contribution in [2.45, 2.75) is 20.4 Å². The van der Waals surface area contributed by atoms with Gasteiger partial charge in [-0.3, -0.25) is 4.79 Å². The first-order valence-corrected chi connectivity index (χ1v) is 9.60. The summed E-state index contributed by atoms with van der Waals surface area (Å²) in [5.74, 6) is -0.794. The van der Waals surface area contributed by atoms with Gasteiger partial charge >= 0.3 is 0 Å². The summed E-state index contributed by atoms with van der Waals surface area (Å²) in [7, 11) is 1.58. The molecule has 3 rings (SSSR count). The molecule has 0 fully saturated rings. The lowest BCUT2D eigenvalue weighted by Crippen LogP contribution is -2.26. The van der Waals surface area contributed by atoms with E-state index in [0.717, 1.165) is 22.4 Å². The molecule has 0 spiro atoms. The lowest BCUT2D eigenvalue weighted by molar-refractivity contribution is 0.0787. The monoisotopic (exact) mass is 402 g/mol. The number of benzene rings is 2. The molecule has 0 saturated carbocycles. The van der Waals surface area contributed by atoms with E-state index >= 15 is 0 Å². The highest BCUT2D eigenvalue weighted by Crippen LogP contribution is 2.30. The Morgan fingerprint density at radius 3 is 2.54 bits per heavy atom. The Balaban J connectivity index is 1.78. The smallest absolute Gasteiger partial charge is 0.265 e. The highest BCUT2D eigenvalue weighted by molar-refractivity contribution is 7.17. The number of carbonyl (C=O) groups excluding carboxylic acids is 1. The molecule has 1 amide bonds. The van der Waals surface area contributed by atoms with Crippen LogP contribution in [0.5, 0.6) is 5.75 Å². The fourth-order valence-corrected chi connectivity index (χ4v) is 3.80. The molecular formula is C21H20F2N2O2S. The van der Waals surface area contributed by atoms with Gasteiger partial charge in [-0.15, -0.1) is 11.3 Å². The fourth-order valence-electron chi connectivity index (χ4n) is 2.73. The lowest BCUT2D eigenvalue weighted by Gasteiger charge is -2.17. The van der Waals surface area contributed by atoms with Gasteiger partial charge in [0.2, 0.25) is 0 Å². The predicted octanol–water partition coefficient (Wildman–Crippen LogP) is 5.07. The van der Waals surface area contributed by atoms with E-state index in [1.807, 2.05) is 31.2 Å². The average Bonchev–Trinajstić information content (AvgIpc) is 3.06. The Kier molecular flexibility index (Phi) is 6.04. The molecule has 7 heteroatoms. The molecule has 0 aliphatic rings. The van der Waals surface area contributed by atoms with Crippen molar-refractivity contribution in [2.24, 2.45) is 0 Å². The van der Waals surface area contributed by atoms with E-state index in [9.17, 15) is 13.6 Å². The highest BCUT2D eigenvalue weighted by atomic mass is 32.1. The third-order valence-electron chi connectivity index (χ3n) is 4.17. The van der Waals surface area contributed by atoms with E-state index in [-0.39, 0.29) is 18.0 Å². The Bertz CT molecular complexity index is 987. The molecule has 0 aliphatic heterocycles. The van der Waals surface area contributed by atoms with Gasteiger partial charge in [-0.25, -0.2) is 13.8 Å². The minimum atomic E-state index is -0.671. The van der Waals surface area contributed by atoms with Gasteiger partial charge in [-0.2, -0.15) is 0 Å². The zero-order valence-electron chi connectivity index (χ0n) is 15.8. The molecule has 0 aliphatic carbocycles. The molecule has 28 heavy (non-hydrogen) atoms. The molecule has 0 unspecified atom stereocenters. The van der Waals surface area contributed by atoms with Gasteiger partial charge in [0.25, 0.3) is 5.91 Å². The van der Waals surface area contributed by atoms with E-state index in [1.165, 1.54) is 28.4 Å². The number of halogens is 2. The van der Waals surface area contributed by atoms with Crippen LogP contribution in [-0.2, 0) is 6.54 Å². The Labute approximate surface area is 166 Å². The molecule has 0 bridgehead atoms. The van der Waals surface area contributed by atoms with E-state index in [4.69, 9.17) is 4.74 Å². The minimum absolute atomic E-state index is 0.0423. The van der Waals surface area contributed by atoms with E-state index < -0.39 is 11.6 Å². The zero-order valence-corrected chi connectivity index (χ0v) is 16.6. The number of aromatic nitrogens is 1. The van der Waals surface area contributed by atoms with Crippen molar-refractivity contribution >= 4 is 17.2 Å². The van der Waals surface area contributed by atoms with Gasteiger partial charge < -0.3 is 9.64 Å². The van der Waals surface area contributed by atoms with Gasteiger partial charge in [-0.05, 0) is 44.2 Å². The van der Waals surface area contributed by atoms with Crippen LogP contribution in [0.3, 0.4) is 0 Å². The zero-order chi connectivity index (χ0) is 20.3. The maximum atomic E-state index is 13.9. The van der Waals surface area contributed by atoms with Gasteiger partial charge in [0, 0.05) is 30.8 Å². The van der Waals surface area contributed by atoms with Crippen LogP contribution in [0.15, 0.2) is 42.5 Å². The number of aryl methyl sites for hydroxylation is 1. The molecule has 1 aromatic heterocycles. The van der Waals surface area contributed by atoms with Crippen molar-refractivity contribution in [3.05, 3.63) is 70.2 Å². The number of carbonyl (C=O) groups is 1. The second kappa shape index (κ2) is 8.48. The predicted molar refractivity (Wildman–Crippen MR) is 106 cm³/mol. The number of hydrogen-bond acceptors (Lipinski definition) is 4. The molecule has 0 radical (unpaired) electrons. The van der Waals surface area contributed by atoms with Crippen LogP contribution in [0.4, 0.5) is 8.78 Å². The molecule has 0 N–H and O–H groups in total. The van der Waals surface area contributed by atoms with Crippen molar-refractivity contribution in [2.75, 3.05) is 13.7 Å². The van der Waals surface area contributed by atoms with Crippen LogP contribution in [0.2, 0.25) is 0 Å². The van der Waals surface area contributed by atoms with Crippen LogP contribution in [-0.4, -0.2) is 29.4 Å². The first-order valence-electron chi connectivity index (χ1n) is 8.79. The molecule has 146 valence electrons. The number of ether oxygens (including phenoxy) is 1. The van der Waals surface area contributed by atoms with Crippen molar-refractivity contribution in [1.29, 1.82) is 0 Å². The number of hydrogen-bond donors (Lipinski definition) is 0. The van der Waals surface area contributed by atoms with Crippen molar-refractivity contribution in [1.82, 2.24) is 9.88 Å². The number of rotatable bonds is 6. The fraction of sp³-hybridized carbons (Fsp3) is 0.238. The van der Waals surface area contributed by atoms with Crippen molar-refractivity contribution in [3.8, 4) is 16.3 Å². The Morgan fingerprint density at radius 1 is 1.18 bits per heavy atom. The van der Waals surface area contributed by atoms with Gasteiger partial charge in [0.15, 0.2) is 0 Å². The van der Waals surface area contributed by atoms with Gasteiger partial charge in [0.1, 0.15) is 27.3 Å². The standard InChI is InChI=1S/C21H20F2N2O2S/c1-4-27-17-9-6-14(7-10-17)20-24-13(2)19(28-20)21(26)25(3)12-15-5-8-16(22)11-18(15)23/h5-11H,4,12H2,1-3H3. The lowest BCUT2D eigenvalue weighted by atomic mass is 10.2. The number of thiazole rings is 1. The van der Waals surface area contributed by atoms with Crippen molar-refractivity contribution < 1.29 is 18.3 Å². The number of nitrogens with zero attached hydrogens (tertiary/aromatic N) is 2. The third kappa shape index (κ3) is 4.36. The second-order valence-electron chi connectivity index (χ2n) is 6.29. The first-order chi connectivity index (χ1) is 13.4. The largest absolute Gasteiger partial charge is 0.494 e. The summed E-state index contributed by atoms with van der Waals surface area (Å²) >= 11 is 1.29. The van der Waals surface area contributed by atoms with Gasteiger partial charge in [0.05, 0.1) is 12.3 Å². The molecular weight excluding hydrogens is 382 g/mol. The highest BCUT2D eigenvalue weighted by Gasteiger charge is 2.20.